The van der Waals surface area contributed by atoms with Crippen LogP contribution in [-0.4, -0.2) is 18.4 Å². The molecule has 0 aliphatic carbocycles. The number of sulfonamides is 1. The molecule has 0 aliphatic rings. The van der Waals surface area contributed by atoms with E-state index in [0.29, 0.717) is 4.90 Å². The average Bonchev–Trinajstić information content (AvgIpc) is 2.40. The molecule has 0 bridgehead atoms. The average molecular weight is 326 g/mol. The summed E-state index contributed by atoms with van der Waals surface area (Å²) in [6, 6.07) is 9.56. The topological polar surface area (TPSA) is 124 Å². The predicted molar refractivity (Wildman–Crippen MR) is 76.7 cm³/mol. The first-order chi connectivity index (χ1) is 9.77. The Morgan fingerprint density at radius 3 is 2.29 bits per heavy atom. The molecule has 0 aliphatic heterocycles. The first kappa shape index (κ1) is 15.3. The number of hydrogen-bond acceptors (Lipinski definition) is 6. The molecule has 0 aromatic heterocycles. The Balaban J connectivity index is 2.44. The zero-order chi connectivity index (χ0) is 15.6. The number of hydrogen-bond donors (Lipinski definition) is 2. The number of phenols is 1. The van der Waals surface area contributed by atoms with Crippen molar-refractivity contribution in [3.8, 4) is 5.75 Å². The molecule has 0 spiro atoms. The molecule has 0 atom stereocenters. The molecule has 7 nitrogen and oxygen atoms in total. The Bertz CT molecular complexity index is 788. The summed E-state index contributed by atoms with van der Waals surface area (Å²) in [7, 11) is -4.00. The van der Waals surface area contributed by atoms with Gasteiger partial charge in [-0.2, -0.15) is 0 Å². The third kappa shape index (κ3) is 3.72. The van der Waals surface area contributed by atoms with Gasteiger partial charge in [0, 0.05) is 11.0 Å². The minimum atomic E-state index is -4.00. The highest BCUT2D eigenvalue weighted by molar-refractivity contribution is 7.99. The van der Waals surface area contributed by atoms with Gasteiger partial charge in [-0.05, 0) is 36.4 Å². The largest absolute Gasteiger partial charge is 0.508 e. The zero-order valence-electron chi connectivity index (χ0n) is 10.5. The maximum atomic E-state index is 11.2. The molecule has 9 heteroatoms. The summed E-state index contributed by atoms with van der Waals surface area (Å²) in [5.41, 5.74) is -0.348. The molecule has 2 rings (SSSR count). The fourth-order valence-electron chi connectivity index (χ4n) is 1.54. The maximum Gasteiger partial charge on any atom is 0.284 e. The summed E-state index contributed by atoms with van der Waals surface area (Å²) in [6.45, 7) is 0. The number of rotatable bonds is 4. The standard InChI is InChI=1S/C12H10N2O5S2/c13-21(18,19)10-5-6-12(11(7-10)14(16)17)20-9-3-1-8(15)2-4-9/h1-7,15H,(H2,13,18,19). The van der Waals surface area contributed by atoms with Crippen LogP contribution in [0.3, 0.4) is 0 Å². The number of aromatic hydroxyl groups is 1. The van der Waals surface area contributed by atoms with Crippen LogP contribution in [0.5, 0.6) is 5.75 Å². The van der Waals surface area contributed by atoms with E-state index >= 15 is 0 Å². The highest BCUT2D eigenvalue weighted by atomic mass is 32.2. The van der Waals surface area contributed by atoms with Crippen molar-refractivity contribution in [3.05, 3.63) is 52.6 Å². The Hall–Kier alpha value is -2.10. The van der Waals surface area contributed by atoms with E-state index in [1.807, 2.05) is 0 Å². The summed E-state index contributed by atoms with van der Waals surface area (Å²) in [4.78, 5) is 11.0. The molecular formula is C12H10N2O5S2. The highest BCUT2D eigenvalue weighted by Crippen LogP contribution is 2.36. The number of primary sulfonamides is 1. The van der Waals surface area contributed by atoms with Gasteiger partial charge in [-0.25, -0.2) is 13.6 Å². The first-order valence-corrected chi connectivity index (χ1v) is 7.92. The van der Waals surface area contributed by atoms with Gasteiger partial charge >= 0.3 is 0 Å². The summed E-state index contributed by atoms with van der Waals surface area (Å²) >= 11 is 1.08. The van der Waals surface area contributed by atoms with E-state index in [1.165, 1.54) is 24.3 Å². The van der Waals surface area contributed by atoms with Gasteiger partial charge in [0.1, 0.15) is 5.75 Å². The number of nitrogens with zero attached hydrogens (tertiary/aromatic N) is 1. The molecule has 0 radical (unpaired) electrons. The maximum absolute atomic E-state index is 11.2. The third-order valence-electron chi connectivity index (χ3n) is 2.52. The molecular weight excluding hydrogens is 316 g/mol. The van der Waals surface area contributed by atoms with E-state index in [0.717, 1.165) is 17.8 Å². The normalized spacial score (nSPS) is 11.3. The van der Waals surface area contributed by atoms with E-state index < -0.39 is 14.9 Å². The lowest BCUT2D eigenvalue weighted by molar-refractivity contribution is -0.388. The Morgan fingerprint density at radius 1 is 1.14 bits per heavy atom. The molecule has 2 aromatic carbocycles. The van der Waals surface area contributed by atoms with Crippen molar-refractivity contribution in [3.63, 3.8) is 0 Å². The van der Waals surface area contributed by atoms with Crippen molar-refractivity contribution in [2.75, 3.05) is 0 Å². The van der Waals surface area contributed by atoms with Gasteiger partial charge in [-0.3, -0.25) is 10.1 Å². The van der Waals surface area contributed by atoms with Gasteiger partial charge < -0.3 is 5.11 Å². The summed E-state index contributed by atoms with van der Waals surface area (Å²) in [6.07, 6.45) is 0. The van der Waals surface area contributed by atoms with Gasteiger partial charge in [0.2, 0.25) is 10.0 Å². The molecule has 0 unspecified atom stereocenters. The number of phenolic OH excluding ortho intramolecular Hbond substituents is 1. The summed E-state index contributed by atoms with van der Waals surface area (Å²) in [5.74, 6) is 0.0819. The van der Waals surface area contributed by atoms with Crippen molar-refractivity contribution in [1.82, 2.24) is 0 Å². The second kappa shape index (κ2) is 5.72. The molecule has 0 amide bonds. The monoisotopic (exact) mass is 326 g/mol. The highest BCUT2D eigenvalue weighted by Gasteiger charge is 2.19. The SMILES string of the molecule is NS(=O)(=O)c1ccc(Sc2ccc(O)cc2)c([N+](=O)[O-])c1. The molecule has 0 saturated heterocycles. The van der Waals surface area contributed by atoms with Gasteiger partial charge in [0.15, 0.2) is 0 Å². The van der Waals surface area contributed by atoms with E-state index in [2.05, 4.69) is 0 Å². The minimum Gasteiger partial charge on any atom is -0.508 e. The predicted octanol–water partition coefficient (Wildman–Crippen LogP) is 2.10. The van der Waals surface area contributed by atoms with Crippen LogP contribution < -0.4 is 5.14 Å². The number of nitrogens with two attached hydrogens (primary N) is 1. The molecule has 3 N–H and O–H groups in total. The quantitative estimate of drug-likeness (QED) is 0.655. The van der Waals surface area contributed by atoms with Crippen LogP contribution in [0.15, 0.2) is 57.2 Å². The second-order valence-electron chi connectivity index (χ2n) is 4.03. The summed E-state index contributed by atoms with van der Waals surface area (Å²) < 4.78 is 22.5. The van der Waals surface area contributed by atoms with Crippen LogP contribution in [0.25, 0.3) is 0 Å². The van der Waals surface area contributed by atoms with Crippen LogP contribution in [0, 0.1) is 10.1 Å². The third-order valence-corrected chi connectivity index (χ3v) is 4.50. The molecule has 0 fully saturated rings. The number of nitro benzene ring substituents is 1. The minimum absolute atomic E-state index is 0.0819. The lowest BCUT2D eigenvalue weighted by Crippen LogP contribution is -2.12. The zero-order valence-corrected chi connectivity index (χ0v) is 12.1. The smallest absolute Gasteiger partial charge is 0.284 e. The fourth-order valence-corrected chi connectivity index (χ4v) is 2.98. The molecule has 0 saturated carbocycles. The molecule has 21 heavy (non-hydrogen) atoms. The van der Waals surface area contributed by atoms with Crippen LogP contribution in [-0.2, 0) is 10.0 Å². The van der Waals surface area contributed by atoms with Crippen LogP contribution in [0.1, 0.15) is 0 Å². The summed E-state index contributed by atoms with van der Waals surface area (Å²) in [5, 5.41) is 25.2. The van der Waals surface area contributed by atoms with E-state index in [-0.39, 0.29) is 21.2 Å². The van der Waals surface area contributed by atoms with Crippen molar-refractivity contribution < 1.29 is 18.4 Å². The van der Waals surface area contributed by atoms with E-state index in [9.17, 15) is 23.6 Å². The van der Waals surface area contributed by atoms with Crippen LogP contribution >= 0.6 is 11.8 Å². The Labute approximate surface area is 124 Å². The van der Waals surface area contributed by atoms with Crippen LogP contribution in [0.4, 0.5) is 5.69 Å². The molecule has 110 valence electrons. The van der Waals surface area contributed by atoms with Crippen molar-refractivity contribution in [2.45, 2.75) is 14.7 Å². The second-order valence-corrected chi connectivity index (χ2v) is 6.70. The van der Waals surface area contributed by atoms with Gasteiger partial charge in [-0.15, -0.1) is 0 Å². The van der Waals surface area contributed by atoms with Crippen molar-refractivity contribution >= 4 is 27.5 Å². The lowest BCUT2D eigenvalue weighted by Gasteiger charge is -2.05. The number of nitro groups is 1. The van der Waals surface area contributed by atoms with E-state index in [1.54, 1.807) is 12.1 Å². The molecule has 2 aromatic rings. The van der Waals surface area contributed by atoms with Crippen molar-refractivity contribution in [2.24, 2.45) is 5.14 Å². The molecule has 0 heterocycles. The van der Waals surface area contributed by atoms with E-state index in [4.69, 9.17) is 5.14 Å². The number of benzene rings is 2. The van der Waals surface area contributed by atoms with Crippen LogP contribution in [0.2, 0.25) is 0 Å². The van der Waals surface area contributed by atoms with Gasteiger partial charge in [-0.1, -0.05) is 11.8 Å². The van der Waals surface area contributed by atoms with Crippen molar-refractivity contribution in [1.29, 1.82) is 0 Å². The Morgan fingerprint density at radius 2 is 1.76 bits per heavy atom. The fraction of sp³-hybridized carbons (Fsp3) is 0. The first-order valence-electron chi connectivity index (χ1n) is 5.55. The lowest BCUT2D eigenvalue weighted by atomic mass is 10.3. The Kier molecular flexibility index (Phi) is 4.16. The van der Waals surface area contributed by atoms with Gasteiger partial charge in [0.25, 0.3) is 5.69 Å². The van der Waals surface area contributed by atoms with Gasteiger partial charge in [0.05, 0.1) is 14.7 Å².